The number of nitrogens with one attached hydrogen (secondary N) is 1. The molecular formula is C13H18N4OS. The average molecular weight is 278 g/mol. The largest absolute Gasteiger partial charge is 0.360 e. The molecule has 5 nitrogen and oxygen atoms in total. The number of fused-ring (bicyclic) bond motifs is 1. The number of anilines is 1. The Morgan fingerprint density at radius 1 is 1.37 bits per heavy atom. The number of aryl methyl sites for hydroxylation is 1. The molecule has 0 unspecified atom stereocenters. The van der Waals surface area contributed by atoms with E-state index >= 15 is 0 Å². The summed E-state index contributed by atoms with van der Waals surface area (Å²) in [6.45, 7) is 7.71. The minimum absolute atomic E-state index is 0.0880. The highest BCUT2D eigenvalue weighted by Crippen LogP contribution is 2.28. The Bertz CT molecular complexity index is 577. The molecule has 0 saturated heterocycles. The second kappa shape index (κ2) is 5.97. The summed E-state index contributed by atoms with van der Waals surface area (Å²) < 4.78 is 1.01. The molecule has 0 aliphatic rings. The predicted molar refractivity (Wildman–Crippen MR) is 78.6 cm³/mol. The molecule has 0 aromatic carbocycles. The number of hydrogen-bond donors (Lipinski definition) is 1. The second-order valence-electron chi connectivity index (χ2n) is 4.24. The topological polar surface area (TPSA) is 58.1 Å². The van der Waals surface area contributed by atoms with Crippen LogP contribution in [0.25, 0.3) is 10.2 Å². The maximum Gasteiger partial charge on any atom is 0.241 e. The summed E-state index contributed by atoms with van der Waals surface area (Å²) in [6.07, 6.45) is 1.53. The Hall–Kier alpha value is -1.69. The van der Waals surface area contributed by atoms with Crippen LogP contribution in [0.5, 0.6) is 0 Å². The predicted octanol–water partition coefficient (Wildman–Crippen LogP) is 2.28. The molecule has 0 fully saturated rings. The molecule has 0 aliphatic heterocycles. The molecule has 6 heteroatoms. The number of hydrogen-bond acceptors (Lipinski definition) is 5. The Morgan fingerprint density at radius 3 is 2.79 bits per heavy atom. The van der Waals surface area contributed by atoms with Gasteiger partial charge in [-0.2, -0.15) is 0 Å². The highest BCUT2D eigenvalue weighted by molar-refractivity contribution is 7.18. The van der Waals surface area contributed by atoms with Gasteiger partial charge in [0.1, 0.15) is 12.1 Å². The van der Waals surface area contributed by atoms with Crippen LogP contribution in [0, 0.1) is 6.92 Å². The zero-order valence-corrected chi connectivity index (χ0v) is 12.3. The van der Waals surface area contributed by atoms with E-state index in [1.807, 2.05) is 20.8 Å². The zero-order valence-electron chi connectivity index (χ0n) is 11.4. The maximum atomic E-state index is 11.9. The Balaban J connectivity index is 2.12. The third kappa shape index (κ3) is 2.84. The lowest BCUT2D eigenvalue weighted by Gasteiger charge is -2.18. The van der Waals surface area contributed by atoms with Gasteiger partial charge in [0.2, 0.25) is 5.91 Å². The zero-order chi connectivity index (χ0) is 13.8. The molecule has 2 aromatic heterocycles. The van der Waals surface area contributed by atoms with Gasteiger partial charge in [0.05, 0.1) is 16.8 Å². The van der Waals surface area contributed by atoms with Crippen molar-refractivity contribution < 1.29 is 4.79 Å². The number of thiophene rings is 1. The molecule has 2 rings (SSSR count). The van der Waals surface area contributed by atoms with Crippen LogP contribution in [-0.2, 0) is 4.79 Å². The van der Waals surface area contributed by atoms with Crippen molar-refractivity contribution in [2.45, 2.75) is 20.8 Å². The van der Waals surface area contributed by atoms with Crippen molar-refractivity contribution in [2.24, 2.45) is 0 Å². The SMILES string of the molecule is CCN(CC)C(=O)CNc1ncnc2c(C)csc12. The molecule has 1 N–H and O–H groups in total. The minimum Gasteiger partial charge on any atom is -0.360 e. The Morgan fingerprint density at radius 2 is 2.11 bits per heavy atom. The third-order valence-corrected chi connectivity index (χ3v) is 4.15. The van der Waals surface area contributed by atoms with E-state index in [-0.39, 0.29) is 12.5 Å². The monoisotopic (exact) mass is 278 g/mol. The second-order valence-corrected chi connectivity index (χ2v) is 5.12. The lowest BCUT2D eigenvalue weighted by Crippen LogP contribution is -2.35. The van der Waals surface area contributed by atoms with Gasteiger partial charge in [-0.15, -0.1) is 11.3 Å². The Kier molecular flexibility index (Phi) is 4.31. The van der Waals surface area contributed by atoms with Crippen LogP contribution >= 0.6 is 11.3 Å². The number of aromatic nitrogens is 2. The standard InChI is InChI=1S/C13H18N4OS/c1-4-17(5-2)10(18)6-14-13-12-11(15-8-16-13)9(3)7-19-12/h7-8H,4-6H2,1-3H3,(H,14,15,16). The lowest BCUT2D eigenvalue weighted by molar-refractivity contribution is -0.128. The van der Waals surface area contributed by atoms with Crippen molar-refractivity contribution in [3.8, 4) is 0 Å². The van der Waals surface area contributed by atoms with Crippen molar-refractivity contribution in [3.63, 3.8) is 0 Å². The van der Waals surface area contributed by atoms with Crippen molar-refractivity contribution in [1.29, 1.82) is 0 Å². The normalized spacial score (nSPS) is 10.7. The molecule has 0 atom stereocenters. The van der Waals surface area contributed by atoms with E-state index in [9.17, 15) is 4.79 Å². The number of nitrogens with zero attached hydrogens (tertiary/aromatic N) is 3. The number of carbonyl (C=O) groups excluding carboxylic acids is 1. The third-order valence-electron chi connectivity index (χ3n) is 3.05. The fourth-order valence-electron chi connectivity index (χ4n) is 1.94. The van der Waals surface area contributed by atoms with Crippen LogP contribution in [0.4, 0.5) is 5.82 Å². The molecule has 0 aliphatic carbocycles. The molecule has 1 amide bonds. The maximum absolute atomic E-state index is 11.9. The van der Waals surface area contributed by atoms with E-state index in [0.717, 1.165) is 34.7 Å². The first kappa shape index (κ1) is 13.7. The fourth-order valence-corrected chi connectivity index (χ4v) is 2.91. The van der Waals surface area contributed by atoms with E-state index in [1.54, 1.807) is 16.2 Å². The molecule has 2 heterocycles. The van der Waals surface area contributed by atoms with Gasteiger partial charge in [-0.3, -0.25) is 4.79 Å². The van der Waals surface area contributed by atoms with Crippen molar-refractivity contribution in [3.05, 3.63) is 17.3 Å². The molecule has 19 heavy (non-hydrogen) atoms. The highest BCUT2D eigenvalue weighted by Gasteiger charge is 2.12. The summed E-state index contributed by atoms with van der Waals surface area (Å²) in [7, 11) is 0. The van der Waals surface area contributed by atoms with E-state index in [1.165, 1.54) is 6.33 Å². The van der Waals surface area contributed by atoms with E-state index in [0.29, 0.717) is 0 Å². The molecule has 2 aromatic rings. The molecule has 0 saturated carbocycles. The van der Waals surface area contributed by atoms with E-state index in [4.69, 9.17) is 0 Å². The average Bonchev–Trinajstić information content (AvgIpc) is 2.80. The molecular weight excluding hydrogens is 260 g/mol. The van der Waals surface area contributed by atoms with Gasteiger partial charge < -0.3 is 10.2 Å². The molecule has 102 valence electrons. The smallest absolute Gasteiger partial charge is 0.241 e. The van der Waals surface area contributed by atoms with Crippen LogP contribution in [0.15, 0.2) is 11.7 Å². The summed E-state index contributed by atoms with van der Waals surface area (Å²) in [6, 6.07) is 0. The van der Waals surface area contributed by atoms with Crippen molar-refractivity contribution in [1.82, 2.24) is 14.9 Å². The van der Waals surface area contributed by atoms with Crippen LogP contribution in [-0.4, -0.2) is 40.4 Å². The van der Waals surface area contributed by atoms with Crippen LogP contribution < -0.4 is 5.32 Å². The molecule has 0 radical (unpaired) electrons. The van der Waals surface area contributed by atoms with Gasteiger partial charge in [0.25, 0.3) is 0 Å². The van der Waals surface area contributed by atoms with Gasteiger partial charge in [-0.1, -0.05) is 0 Å². The minimum atomic E-state index is 0.0880. The fraction of sp³-hybridized carbons (Fsp3) is 0.462. The van der Waals surface area contributed by atoms with E-state index in [2.05, 4.69) is 20.7 Å². The number of rotatable bonds is 5. The first-order chi connectivity index (χ1) is 9.17. The number of likely N-dealkylation sites (N-methyl/N-ethyl adjacent to an activating group) is 1. The van der Waals surface area contributed by atoms with Crippen molar-refractivity contribution in [2.75, 3.05) is 25.0 Å². The van der Waals surface area contributed by atoms with Gasteiger partial charge in [-0.05, 0) is 31.7 Å². The van der Waals surface area contributed by atoms with E-state index < -0.39 is 0 Å². The van der Waals surface area contributed by atoms with Crippen LogP contribution in [0.2, 0.25) is 0 Å². The summed E-state index contributed by atoms with van der Waals surface area (Å²) >= 11 is 1.60. The van der Waals surface area contributed by atoms with Gasteiger partial charge in [-0.25, -0.2) is 9.97 Å². The van der Waals surface area contributed by atoms with Gasteiger partial charge >= 0.3 is 0 Å². The lowest BCUT2D eigenvalue weighted by atomic mass is 10.3. The van der Waals surface area contributed by atoms with Gasteiger partial charge in [0, 0.05) is 13.1 Å². The van der Waals surface area contributed by atoms with Crippen LogP contribution in [0.1, 0.15) is 19.4 Å². The molecule has 0 spiro atoms. The van der Waals surface area contributed by atoms with Gasteiger partial charge in [0.15, 0.2) is 0 Å². The summed E-state index contributed by atoms with van der Waals surface area (Å²) in [5, 5.41) is 5.17. The number of carbonyl (C=O) groups is 1. The van der Waals surface area contributed by atoms with Crippen molar-refractivity contribution >= 4 is 33.3 Å². The first-order valence-corrected chi connectivity index (χ1v) is 7.25. The quantitative estimate of drug-likeness (QED) is 0.911. The summed E-state index contributed by atoms with van der Waals surface area (Å²) in [5.74, 6) is 0.827. The summed E-state index contributed by atoms with van der Waals surface area (Å²) in [5.41, 5.74) is 2.10. The summed E-state index contributed by atoms with van der Waals surface area (Å²) in [4.78, 5) is 22.2. The number of amides is 1. The van der Waals surface area contributed by atoms with Crippen LogP contribution in [0.3, 0.4) is 0 Å². The molecule has 0 bridgehead atoms. The first-order valence-electron chi connectivity index (χ1n) is 6.37. The highest BCUT2D eigenvalue weighted by atomic mass is 32.1. The Labute approximate surface area is 116 Å².